The van der Waals surface area contributed by atoms with Crippen molar-refractivity contribution in [3.8, 4) is 0 Å². The minimum Gasteiger partial charge on any atom is -0.383 e. The number of nitrogens with one attached hydrogen (secondary N) is 2. The number of hydrogen-bond acceptors (Lipinski definition) is 4. The van der Waals surface area contributed by atoms with Crippen LogP contribution in [0.5, 0.6) is 0 Å². The summed E-state index contributed by atoms with van der Waals surface area (Å²) in [6.45, 7) is 4.64. The molecule has 102 valence electrons. The SMILES string of the molecule is COCCN1Cc2cc(C)c3c(Cl)c[nH]c3c2NS1. The zero-order chi connectivity index (χ0) is 13.4. The summed E-state index contributed by atoms with van der Waals surface area (Å²) in [4.78, 5) is 3.26. The van der Waals surface area contributed by atoms with Gasteiger partial charge in [-0.1, -0.05) is 17.7 Å². The molecule has 0 saturated carbocycles. The highest BCUT2D eigenvalue weighted by atomic mass is 35.5. The molecule has 0 atom stereocenters. The topological polar surface area (TPSA) is 40.3 Å². The van der Waals surface area contributed by atoms with E-state index in [0.29, 0.717) is 0 Å². The second-order valence-corrected chi connectivity index (χ2v) is 5.97. The van der Waals surface area contributed by atoms with Gasteiger partial charge in [-0.05, 0) is 18.1 Å². The van der Waals surface area contributed by atoms with E-state index in [1.54, 1.807) is 19.2 Å². The van der Waals surface area contributed by atoms with Gasteiger partial charge in [0.15, 0.2) is 0 Å². The van der Waals surface area contributed by atoms with Crippen molar-refractivity contribution in [2.45, 2.75) is 13.5 Å². The Hall–Kier alpha value is -0.880. The zero-order valence-corrected chi connectivity index (χ0v) is 12.5. The number of hydrogen-bond donors (Lipinski definition) is 2. The summed E-state index contributed by atoms with van der Waals surface area (Å²) >= 11 is 7.84. The molecular weight excluding hydrogens is 282 g/mol. The summed E-state index contributed by atoms with van der Waals surface area (Å²) < 4.78 is 10.8. The quantitative estimate of drug-likeness (QED) is 0.850. The van der Waals surface area contributed by atoms with Gasteiger partial charge in [0.25, 0.3) is 0 Å². The maximum atomic E-state index is 6.22. The summed E-state index contributed by atoms with van der Waals surface area (Å²) in [7, 11) is 1.73. The smallest absolute Gasteiger partial charge is 0.0741 e. The van der Waals surface area contributed by atoms with Crippen molar-refractivity contribution < 1.29 is 4.74 Å². The Bertz CT molecular complexity index is 613. The molecule has 0 saturated heterocycles. The van der Waals surface area contributed by atoms with Crippen molar-refractivity contribution >= 4 is 40.3 Å². The summed E-state index contributed by atoms with van der Waals surface area (Å²) in [5, 5.41) is 1.89. The number of fused-ring (bicyclic) bond motifs is 3. The lowest BCUT2D eigenvalue weighted by Gasteiger charge is -2.28. The molecule has 1 aromatic heterocycles. The molecule has 0 amide bonds. The van der Waals surface area contributed by atoms with Gasteiger partial charge in [0.05, 0.1) is 22.8 Å². The average molecular weight is 298 g/mol. The molecule has 0 unspecified atom stereocenters. The summed E-state index contributed by atoms with van der Waals surface area (Å²) in [6.07, 6.45) is 1.85. The molecule has 3 rings (SSSR count). The largest absolute Gasteiger partial charge is 0.383 e. The molecule has 1 aliphatic heterocycles. The van der Waals surface area contributed by atoms with Gasteiger partial charge in [0.2, 0.25) is 0 Å². The lowest BCUT2D eigenvalue weighted by molar-refractivity contribution is 0.181. The highest BCUT2D eigenvalue weighted by molar-refractivity contribution is 7.98. The number of H-pyrrole nitrogens is 1. The average Bonchev–Trinajstić information content (AvgIpc) is 2.79. The van der Waals surface area contributed by atoms with E-state index in [0.717, 1.165) is 41.3 Å². The van der Waals surface area contributed by atoms with Crippen molar-refractivity contribution in [1.29, 1.82) is 0 Å². The number of methoxy groups -OCH3 is 1. The Balaban J connectivity index is 1.98. The fourth-order valence-electron chi connectivity index (χ4n) is 2.44. The Morgan fingerprint density at radius 3 is 3.16 bits per heavy atom. The molecule has 2 N–H and O–H groups in total. The molecule has 0 bridgehead atoms. The predicted molar refractivity (Wildman–Crippen MR) is 81.5 cm³/mol. The van der Waals surface area contributed by atoms with E-state index in [9.17, 15) is 0 Å². The van der Waals surface area contributed by atoms with Crippen LogP contribution in [0.3, 0.4) is 0 Å². The molecule has 1 aliphatic rings. The molecule has 6 heteroatoms. The lowest BCUT2D eigenvalue weighted by Crippen LogP contribution is -2.26. The maximum absolute atomic E-state index is 6.22. The second-order valence-electron chi connectivity index (χ2n) is 4.66. The molecule has 0 aliphatic carbocycles. The number of nitrogens with zero attached hydrogens (tertiary/aromatic N) is 1. The molecule has 4 nitrogen and oxygen atoms in total. The van der Waals surface area contributed by atoms with E-state index < -0.39 is 0 Å². The van der Waals surface area contributed by atoms with E-state index >= 15 is 0 Å². The van der Waals surface area contributed by atoms with E-state index in [2.05, 4.69) is 27.0 Å². The van der Waals surface area contributed by atoms with Gasteiger partial charge in [0, 0.05) is 43.9 Å². The van der Waals surface area contributed by atoms with Crippen LogP contribution in [0.4, 0.5) is 5.69 Å². The molecule has 0 spiro atoms. The number of halogens is 1. The van der Waals surface area contributed by atoms with Crippen LogP contribution in [0.2, 0.25) is 5.02 Å². The van der Waals surface area contributed by atoms with Crippen molar-refractivity contribution in [1.82, 2.24) is 9.29 Å². The predicted octanol–water partition coefficient (Wildman–Crippen LogP) is 3.57. The number of rotatable bonds is 3. The monoisotopic (exact) mass is 297 g/mol. The Kier molecular flexibility index (Phi) is 3.62. The van der Waals surface area contributed by atoms with Crippen LogP contribution >= 0.6 is 23.7 Å². The van der Waals surface area contributed by atoms with Crippen LogP contribution in [-0.2, 0) is 11.3 Å². The van der Waals surface area contributed by atoms with Gasteiger partial charge < -0.3 is 14.4 Å². The van der Waals surface area contributed by atoms with Crippen LogP contribution in [0.15, 0.2) is 12.3 Å². The summed E-state index contributed by atoms with van der Waals surface area (Å²) in [6, 6.07) is 2.21. The van der Waals surface area contributed by atoms with Crippen molar-refractivity contribution in [2.24, 2.45) is 0 Å². The Labute approximate surface area is 121 Å². The van der Waals surface area contributed by atoms with E-state index in [4.69, 9.17) is 16.3 Å². The first-order valence-corrected chi connectivity index (χ1v) is 7.31. The first-order valence-electron chi connectivity index (χ1n) is 6.16. The van der Waals surface area contributed by atoms with Gasteiger partial charge in [-0.3, -0.25) is 0 Å². The molecule has 2 heterocycles. The van der Waals surface area contributed by atoms with E-state index in [-0.39, 0.29) is 0 Å². The van der Waals surface area contributed by atoms with Crippen molar-refractivity contribution in [3.05, 3.63) is 28.4 Å². The minimum atomic E-state index is 0.736. The molecule has 1 aromatic carbocycles. The number of aryl methyl sites for hydroxylation is 1. The van der Waals surface area contributed by atoms with Crippen molar-refractivity contribution in [3.63, 3.8) is 0 Å². The van der Waals surface area contributed by atoms with Crippen LogP contribution in [0.1, 0.15) is 11.1 Å². The zero-order valence-electron chi connectivity index (χ0n) is 10.9. The third-order valence-corrected chi connectivity index (χ3v) is 4.52. The standard InChI is InChI=1S/C13H16ClN3OS/c1-8-5-9-7-17(3-4-18-2)19-16-12(9)13-11(8)10(14)6-15-13/h5-6,15-16H,3-4,7H2,1-2H3. The fourth-order valence-corrected chi connectivity index (χ4v) is 3.56. The number of benzene rings is 1. The van der Waals surface area contributed by atoms with Gasteiger partial charge in [0.1, 0.15) is 0 Å². The number of aromatic nitrogens is 1. The highest BCUT2D eigenvalue weighted by Gasteiger charge is 2.21. The molecule has 0 fully saturated rings. The van der Waals surface area contributed by atoms with Crippen LogP contribution in [-0.4, -0.2) is 29.6 Å². The van der Waals surface area contributed by atoms with Crippen LogP contribution in [0.25, 0.3) is 10.9 Å². The van der Waals surface area contributed by atoms with Gasteiger partial charge >= 0.3 is 0 Å². The normalized spacial score (nSPS) is 15.5. The molecular formula is C13H16ClN3OS. The first kappa shape index (κ1) is 13.1. The Morgan fingerprint density at radius 2 is 2.37 bits per heavy atom. The van der Waals surface area contributed by atoms with Crippen molar-refractivity contribution in [2.75, 3.05) is 25.0 Å². The maximum Gasteiger partial charge on any atom is 0.0741 e. The van der Waals surface area contributed by atoms with Gasteiger partial charge in [-0.25, -0.2) is 4.31 Å². The molecule has 19 heavy (non-hydrogen) atoms. The van der Waals surface area contributed by atoms with Gasteiger partial charge in [-0.15, -0.1) is 0 Å². The second kappa shape index (κ2) is 5.25. The lowest BCUT2D eigenvalue weighted by atomic mass is 10.0. The summed E-state index contributed by atoms with van der Waals surface area (Å²) in [5.41, 5.74) is 4.74. The summed E-state index contributed by atoms with van der Waals surface area (Å²) in [5.74, 6) is 0. The Morgan fingerprint density at radius 1 is 1.53 bits per heavy atom. The fraction of sp³-hybridized carbons (Fsp3) is 0.385. The highest BCUT2D eigenvalue weighted by Crippen LogP contribution is 2.39. The number of aromatic amines is 1. The van der Waals surface area contributed by atoms with E-state index in [1.165, 1.54) is 11.1 Å². The van der Waals surface area contributed by atoms with Crippen LogP contribution < -0.4 is 4.72 Å². The van der Waals surface area contributed by atoms with E-state index in [1.807, 2.05) is 6.20 Å². The number of anilines is 1. The van der Waals surface area contributed by atoms with Gasteiger partial charge in [-0.2, -0.15) is 0 Å². The number of ether oxygens (including phenoxy) is 1. The third kappa shape index (κ3) is 2.31. The minimum absolute atomic E-state index is 0.736. The van der Waals surface area contributed by atoms with Crippen LogP contribution in [0, 0.1) is 6.92 Å². The molecule has 0 radical (unpaired) electrons. The third-order valence-electron chi connectivity index (χ3n) is 3.36. The first-order chi connectivity index (χ1) is 9.20. The molecule has 2 aromatic rings.